The van der Waals surface area contributed by atoms with Crippen LogP contribution >= 0.6 is 0 Å². The van der Waals surface area contributed by atoms with Crippen LogP contribution < -0.4 is 0 Å². The van der Waals surface area contributed by atoms with Crippen molar-refractivity contribution in [1.82, 2.24) is 0 Å². The Morgan fingerprint density at radius 2 is 0.853 bits per heavy atom. The van der Waals surface area contributed by atoms with Gasteiger partial charge in [-0.3, -0.25) is 0 Å². The van der Waals surface area contributed by atoms with Crippen LogP contribution in [0.2, 0.25) is 0 Å². The van der Waals surface area contributed by atoms with E-state index in [-0.39, 0.29) is 11.9 Å². The van der Waals surface area contributed by atoms with Gasteiger partial charge in [0.05, 0.1) is 25.3 Å². The molecular weight excluding hydrogens is 424 g/mol. The van der Waals surface area contributed by atoms with Gasteiger partial charge in [-0.25, -0.2) is 9.59 Å². The normalized spacial score (nSPS) is 11.2. The van der Waals surface area contributed by atoms with Crippen molar-refractivity contribution in [2.45, 2.75) is 0 Å². The maximum absolute atomic E-state index is 11.6. The van der Waals surface area contributed by atoms with Crippen molar-refractivity contribution in [2.24, 2.45) is 0 Å². The summed E-state index contributed by atoms with van der Waals surface area (Å²) in [4.78, 5) is 23.1. The van der Waals surface area contributed by atoms with E-state index in [0.29, 0.717) is 11.1 Å². The van der Waals surface area contributed by atoms with Crippen LogP contribution in [0.3, 0.4) is 0 Å². The summed E-state index contributed by atoms with van der Waals surface area (Å²) in [5.74, 6) is -0.679. The predicted octanol–water partition coefficient (Wildman–Crippen LogP) is 6.75. The zero-order valence-corrected chi connectivity index (χ0v) is 19.0. The molecule has 0 N–H and O–H groups in total. The molecule has 0 aliphatic carbocycles. The molecule has 4 heteroatoms. The molecule has 0 aliphatic heterocycles. The monoisotopic (exact) mass is 448 g/mol. The molecule has 0 unspecified atom stereocenters. The highest BCUT2D eigenvalue weighted by molar-refractivity contribution is 5.91. The second kappa shape index (κ2) is 10.5. The molecule has 0 aliphatic rings. The average Bonchev–Trinajstić information content (AvgIpc) is 2.90. The molecule has 0 amide bonds. The first-order valence-corrected chi connectivity index (χ1v) is 10.8. The summed E-state index contributed by atoms with van der Waals surface area (Å²) in [6.07, 6.45) is 8.14. The van der Waals surface area contributed by atoms with Gasteiger partial charge in [0, 0.05) is 0 Å². The maximum Gasteiger partial charge on any atom is 0.337 e. The number of carbonyl (C=O) groups excluding carboxylic acids is 2. The van der Waals surface area contributed by atoms with Crippen LogP contribution in [0.25, 0.3) is 35.1 Å². The van der Waals surface area contributed by atoms with E-state index < -0.39 is 0 Å². The van der Waals surface area contributed by atoms with Gasteiger partial charge >= 0.3 is 11.9 Å². The fraction of sp³-hybridized carbons (Fsp3) is 0.0667. The number of rotatable bonds is 6. The van der Waals surface area contributed by atoms with Crippen LogP contribution in [0.1, 0.15) is 43.0 Å². The Balaban J connectivity index is 1.50. The number of fused-ring (bicyclic) bond motifs is 1. The van der Waals surface area contributed by atoms with Crippen LogP contribution in [-0.4, -0.2) is 26.2 Å². The lowest BCUT2D eigenvalue weighted by atomic mass is 10.0. The molecule has 0 radical (unpaired) electrons. The van der Waals surface area contributed by atoms with Gasteiger partial charge in [-0.05, 0) is 69.4 Å². The van der Waals surface area contributed by atoms with E-state index >= 15 is 0 Å². The summed E-state index contributed by atoms with van der Waals surface area (Å²) in [7, 11) is 2.75. The topological polar surface area (TPSA) is 52.6 Å². The van der Waals surface area contributed by atoms with E-state index in [2.05, 4.69) is 48.6 Å². The van der Waals surface area contributed by atoms with Gasteiger partial charge in [0.25, 0.3) is 0 Å². The average molecular weight is 449 g/mol. The van der Waals surface area contributed by atoms with E-state index in [1.54, 1.807) is 24.3 Å². The first-order valence-electron chi connectivity index (χ1n) is 10.8. The lowest BCUT2D eigenvalue weighted by Gasteiger charge is -2.03. The summed E-state index contributed by atoms with van der Waals surface area (Å²) >= 11 is 0. The van der Waals surface area contributed by atoms with Gasteiger partial charge in [0.15, 0.2) is 0 Å². The molecule has 0 heterocycles. The maximum atomic E-state index is 11.6. The first-order chi connectivity index (χ1) is 16.6. The van der Waals surface area contributed by atoms with E-state index in [1.165, 1.54) is 19.6 Å². The molecule has 4 aromatic carbocycles. The van der Waals surface area contributed by atoms with Gasteiger partial charge in [-0.2, -0.15) is 0 Å². The lowest BCUT2D eigenvalue weighted by molar-refractivity contribution is 0.0592. The van der Waals surface area contributed by atoms with Crippen molar-refractivity contribution < 1.29 is 19.1 Å². The van der Waals surface area contributed by atoms with Crippen molar-refractivity contribution in [3.05, 3.63) is 118 Å². The first kappa shape index (κ1) is 22.7. The van der Waals surface area contributed by atoms with Crippen LogP contribution in [0, 0.1) is 0 Å². The van der Waals surface area contributed by atoms with Gasteiger partial charge in [-0.15, -0.1) is 0 Å². The van der Waals surface area contributed by atoms with Crippen molar-refractivity contribution in [1.29, 1.82) is 0 Å². The number of ether oxygens (including phenoxy) is 2. The third-order valence-corrected chi connectivity index (χ3v) is 5.49. The minimum Gasteiger partial charge on any atom is -0.465 e. The molecule has 0 saturated heterocycles. The third kappa shape index (κ3) is 5.48. The van der Waals surface area contributed by atoms with Crippen molar-refractivity contribution >= 4 is 47.0 Å². The fourth-order valence-electron chi connectivity index (χ4n) is 3.57. The predicted molar refractivity (Wildman–Crippen MR) is 137 cm³/mol. The van der Waals surface area contributed by atoms with Gasteiger partial charge < -0.3 is 9.47 Å². The molecule has 168 valence electrons. The number of benzene rings is 4. The van der Waals surface area contributed by atoms with Crippen LogP contribution in [-0.2, 0) is 9.47 Å². The molecule has 0 saturated carbocycles. The highest BCUT2D eigenvalue weighted by Crippen LogP contribution is 2.21. The number of esters is 2. The van der Waals surface area contributed by atoms with E-state index in [9.17, 15) is 9.59 Å². The van der Waals surface area contributed by atoms with Crippen LogP contribution in [0.5, 0.6) is 0 Å². The Labute approximate surface area is 198 Å². The molecule has 0 fully saturated rings. The summed E-state index contributed by atoms with van der Waals surface area (Å²) in [6, 6.07) is 27.3. The smallest absolute Gasteiger partial charge is 0.337 e. The third-order valence-electron chi connectivity index (χ3n) is 5.49. The van der Waals surface area contributed by atoms with Crippen LogP contribution in [0.4, 0.5) is 0 Å². The summed E-state index contributed by atoms with van der Waals surface area (Å²) < 4.78 is 9.47. The number of hydrogen-bond acceptors (Lipinski definition) is 4. The Bertz CT molecular complexity index is 1270. The minimum atomic E-state index is -0.340. The summed E-state index contributed by atoms with van der Waals surface area (Å²) in [6.45, 7) is 0. The molecule has 0 atom stereocenters. The lowest BCUT2D eigenvalue weighted by Crippen LogP contribution is -2.00. The van der Waals surface area contributed by atoms with Gasteiger partial charge in [0.2, 0.25) is 0 Å². The highest BCUT2D eigenvalue weighted by atomic mass is 16.5. The largest absolute Gasteiger partial charge is 0.465 e. The molecule has 0 aromatic heterocycles. The minimum absolute atomic E-state index is 0.340. The molecule has 0 bridgehead atoms. The quantitative estimate of drug-likeness (QED) is 0.242. The van der Waals surface area contributed by atoms with E-state index in [4.69, 9.17) is 9.47 Å². The molecule has 4 nitrogen and oxygen atoms in total. The van der Waals surface area contributed by atoms with E-state index in [1.807, 2.05) is 36.4 Å². The number of carbonyl (C=O) groups is 2. The SMILES string of the molecule is COC(=O)c1ccc(/C=C\c2ccc3ccc(/C=C/c4ccc(C(=O)OC)cc4)cc3c2)cc1. The van der Waals surface area contributed by atoms with Gasteiger partial charge in [-0.1, -0.05) is 72.8 Å². The van der Waals surface area contributed by atoms with Crippen molar-refractivity contribution in [3.63, 3.8) is 0 Å². The Kier molecular flexibility index (Phi) is 6.99. The van der Waals surface area contributed by atoms with Crippen LogP contribution in [0.15, 0.2) is 84.9 Å². The Morgan fingerprint density at radius 1 is 0.500 bits per heavy atom. The van der Waals surface area contributed by atoms with E-state index in [0.717, 1.165) is 27.6 Å². The van der Waals surface area contributed by atoms with Gasteiger partial charge in [0.1, 0.15) is 0 Å². The number of methoxy groups -OCH3 is 2. The second-order valence-corrected chi connectivity index (χ2v) is 7.76. The molecular formula is C30H24O4. The highest BCUT2D eigenvalue weighted by Gasteiger charge is 2.04. The Hall–Kier alpha value is -4.44. The molecule has 0 spiro atoms. The zero-order chi connectivity index (χ0) is 23.9. The standard InChI is InChI=1S/C30H24O4/c1-33-29(31)26-15-7-21(8-16-26)3-5-23-11-13-25-14-12-24(20-28(25)19-23)6-4-22-9-17-27(18-10-22)30(32)34-2/h3-20H,1-2H3/b5-3-,6-4+. The molecule has 4 rings (SSSR count). The fourth-order valence-corrected chi connectivity index (χ4v) is 3.57. The molecule has 34 heavy (non-hydrogen) atoms. The summed E-state index contributed by atoms with van der Waals surface area (Å²) in [5, 5.41) is 2.31. The second-order valence-electron chi connectivity index (χ2n) is 7.76. The van der Waals surface area contributed by atoms with Crippen molar-refractivity contribution in [3.8, 4) is 0 Å². The zero-order valence-electron chi connectivity index (χ0n) is 19.0. The number of hydrogen-bond donors (Lipinski definition) is 0. The summed E-state index contributed by atoms with van der Waals surface area (Å²) in [5.41, 5.74) is 5.24. The van der Waals surface area contributed by atoms with Crippen molar-refractivity contribution in [2.75, 3.05) is 14.2 Å². The Morgan fingerprint density at radius 3 is 1.24 bits per heavy atom. The molecule has 4 aromatic rings.